The molecule has 0 saturated carbocycles. The lowest BCUT2D eigenvalue weighted by Crippen LogP contribution is -2.30. The molecular weight excluding hydrogens is 390 g/mol. The first-order chi connectivity index (χ1) is 14.0. The molecule has 0 spiro atoms. The maximum atomic E-state index is 12.5. The molecule has 1 atom stereocenters. The van der Waals surface area contributed by atoms with Crippen LogP contribution in [0.1, 0.15) is 39.5 Å². The van der Waals surface area contributed by atoms with Crippen LogP contribution in [0.4, 0.5) is 0 Å². The van der Waals surface area contributed by atoms with Gasteiger partial charge in [0.2, 0.25) is 0 Å². The largest absolute Gasteiger partial charge is 0.497 e. The molecule has 2 heterocycles. The van der Waals surface area contributed by atoms with Crippen molar-refractivity contribution < 1.29 is 23.5 Å². The van der Waals surface area contributed by atoms with Crippen LogP contribution in [0.5, 0.6) is 5.75 Å². The van der Waals surface area contributed by atoms with Gasteiger partial charge in [-0.05, 0) is 72.9 Å². The highest BCUT2D eigenvalue weighted by Gasteiger charge is 2.23. The van der Waals surface area contributed by atoms with E-state index in [2.05, 4.69) is 5.32 Å². The van der Waals surface area contributed by atoms with Crippen LogP contribution in [0, 0.1) is 0 Å². The first kappa shape index (κ1) is 19.3. The average molecular weight is 411 g/mol. The van der Waals surface area contributed by atoms with Crippen molar-refractivity contribution in [2.45, 2.75) is 25.8 Å². The number of furan rings is 1. The summed E-state index contributed by atoms with van der Waals surface area (Å²) in [5, 5.41) is 2.74. The monoisotopic (exact) mass is 411 g/mol. The minimum absolute atomic E-state index is 0.293. The normalized spacial score (nSPS) is 13.2. The highest BCUT2D eigenvalue weighted by Crippen LogP contribution is 2.41. The first-order valence-corrected chi connectivity index (χ1v) is 10.2. The first-order valence-electron chi connectivity index (χ1n) is 9.35. The number of amides is 1. The molecular formula is C22H21NO5S. The summed E-state index contributed by atoms with van der Waals surface area (Å²) in [6.45, 7) is 1.47. The second-order valence-corrected chi connectivity index (χ2v) is 7.92. The van der Waals surface area contributed by atoms with Crippen LogP contribution in [0.25, 0.3) is 10.4 Å². The molecule has 4 rings (SSSR count). The Morgan fingerprint density at radius 2 is 2.03 bits per heavy atom. The molecule has 6 nitrogen and oxygen atoms in total. The lowest BCUT2D eigenvalue weighted by atomic mass is 9.91. The van der Waals surface area contributed by atoms with Gasteiger partial charge in [-0.2, -0.15) is 0 Å². The van der Waals surface area contributed by atoms with Gasteiger partial charge in [-0.25, -0.2) is 4.79 Å². The van der Waals surface area contributed by atoms with E-state index >= 15 is 0 Å². The quantitative estimate of drug-likeness (QED) is 0.617. The number of hydrogen-bond donors (Lipinski definition) is 1. The Bertz CT molecular complexity index is 1040. The summed E-state index contributed by atoms with van der Waals surface area (Å²) in [6.07, 6.45) is 3.31. The minimum atomic E-state index is -0.486. The zero-order valence-electron chi connectivity index (χ0n) is 16.2. The second-order valence-electron chi connectivity index (χ2n) is 6.87. The zero-order valence-corrected chi connectivity index (χ0v) is 17.0. The smallest absolute Gasteiger partial charge is 0.348 e. The lowest BCUT2D eigenvalue weighted by molar-refractivity contribution is -0.125. The van der Waals surface area contributed by atoms with Crippen LogP contribution in [0.3, 0.4) is 0 Å². The van der Waals surface area contributed by atoms with Gasteiger partial charge in [-0.15, -0.1) is 11.3 Å². The Hall–Kier alpha value is -3.06. The number of thiophene rings is 1. The number of hydrogen-bond acceptors (Lipinski definition) is 6. The number of ether oxygens (including phenoxy) is 2. The van der Waals surface area contributed by atoms with Crippen molar-refractivity contribution >= 4 is 23.2 Å². The number of aryl methyl sites for hydroxylation is 2. The van der Waals surface area contributed by atoms with Gasteiger partial charge in [0.1, 0.15) is 16.4 Å². The number of fused-ring (bicyclic) bond motifs is 3. The Morgan fingerprint density at radius 1 is 1.21 bits per heavy atom. The van der Waals surface area contributed by atoms with Crippen LogP contribution >= 0.6 is 11.3 Å². The summed E-state index contributed by atoms with van der Waals surface area (Å²) in [5.41, 5.74) is 3.47. The fraction of sp³-hybridized carbons (Fsp3) is 0.273. The van der Waals surface area contributed by atoms with Gasteiger partial charge < -0.3 is 19.2 Å². The van der Waals surface area contributed by atoms with Crippen molar-refractivity contribution in [1.82, 2.24) is 5.32 Å². The summed E-state index contributed by atoms with van der Waals surface area (Å²) < 4.78 is 15.8. The van der Waals surface area contributed by atoms with Crippen molar-refractivity contribution in [3.8, 4) is 16.2 Å². The van der Waals surface area contributed by atoms with Crippen LogP contribution in [-0.2, 0) is 22.4 Å². The Labute approximate surface area is 172 Å². The third-order valence-corrected chi connectivity index (χ3v) is 6.10. The van der Waals surface area contributed by atoms with Gasteiger partial charge in [0.25, 0.3) is 5.91 Å². The highest BCUT2D eigenvalue weighted by atomic mass is 32.1. The van der Waals surface area contributed by atoms with Crippen molar-refractivity contribution in [2.24, 2.45) is 0 Å². The molecule has 150 valence electrons. The van der Waals surface area contributed by atoms with Crippen LogP contribution in [0.2, 0.25) is 0 Å². The van der Waals surface area contributed by atoms with Crippen molar-refractivity contribution in [3.63, 3.8) is 0 Å². The summed E-state index contributed by atoms with van der Waals surface area (Å²) in [4.78, 5) is 26.1. The number of carbonyl (C=O) groups is 2. The summed E-state index contributed by atoms with van der Waals surface area (Å²) in [6, 6.07) is 11.1. The second kappa shape index (κ2) is 8.13. The summed E-state index contributed by atoms with van der Waals surface area (Å²) in [7, 11) is 1.65. The third-order valence-electron chi connectivity index (χ3n) is 4.91. The molecule has 0 bridgehead atoms. The molecule has 2 aromatic heterocycles. The van der Waals surface area contributed by atoms with Gasteiger partial charge in [0.05, 0.1) is 19.4 Å². The van der Waals surface area contributed by atoms with E-state index in [0.717, 1.165) is 34.6 Å². The van der Waals surface area contributed by atoms with E-state index < -0.39 is 5.97 Å². The molecule has 0 unspecified atom stereocenters. The van der Waals surface area contributed by atoms with Gasteiger partial charge >= 0.3 is 5.97 Å². The number of benzene rings is 1. The average Bonchev–Trinajstić information content (AvgIpc) is 3.41. The number of esters is 1. The van der Waals surface area contributed by atoms with Gasteiger partial charge in [-0.3, -0.25) is 4.79 Å². The molecule has 3 aromatic rings. The molecule has 1 aromatic carbocycles. The van der Waals surface area contributed by atoms with E-state index in [1.165, 1.54) is 16.9 Å². The van der Waals surface area contributed by atoms with Gasteiger partial charge in [-0.1, -0.05) is 0 Å². The van der Waals surface area contributed by atoms with Gasteiger partial charge in [0, 0.05) is 4.88 Å². The van der Waals surface area contributed by atoms with Crippen LogP contribution < -0.4 is 10.1 Å². The SMILES string of the molecule is COc1ccc2c(c1)CCc1cc(C(=O)OCC(=O)N[C@@H](C)c3ccco3)sc1-2. The van der Waals surface area contributed by atoms with Crippen LogP contribution in [0.15, 0.2) is 47.1 Å². The fourth-order valence-electron chi connectivity index (χ4n) is 3.43. The predicted octanol–water partition coefficient (Wildman–Crippen LogP) is 4.15. The van der Waals surface area contributed by atoms with Crippen molar-refractivity contribution in [2.75, 3.05) is 13.7 Å². The standard InChI is InChI=1S/C22H21NO5S/c1-13(18-4-3-9-27-18)23-20(24)12-28-22(25)19-11-15-6-5-14-10-16(26-2)7-8-17(14)21(15)29-19/h3-4,7-11,13H,5-6,12H2,1-2H3,(H,23,24)/t13-/m0/s1. The molecule has 7 heteroatoms. The topological polar surface area (TPSA) is 77.8 Å². The van der Waals surface area contributed by atoms with Crippen LogP contribution in [-0.4, -0.2) is 25.6 Å². The fourth-order valence-corrected chi connectivity index (χ4v) is 4.60. The van der Waals surface area contributed by atoms with E-state index in [1.807, 2.05) is 24.3 Å². The predicted molar refractivity (Wildman–Crippen MR) is 109 cm³/mol. The summed E-state index contributed by atoms with van der Waals surface area (Å²) in [5.74, 6) is 0.616. The number of rotatable bonds is 6. The Kier molecular flexibility index (Phi) is 5.40. The van der Waals surface area contributed by atoms with E-state index in [-0.39, 0.29) is 18.6 Å². The van der Waals surface area contributed by atoms with E-state index in [1.54, 1.807) is 32.4 Å². The Morgan fingerprint density at radius 3 is 2.79 bits per heavy atom. The zero-order chi connectivity index (χ0) is 20.4. The van der Waals surface area contributed by atoms with E-state index in [0.29, 0.717) is 10.6 Å². The number of methoxy groups -OCH3 is 1. The number of nitrogens with one attached hydrogen (secondary N) is 1. The molecule has 0 radical (unpaired) electrons. The minimum Gasteiger partial charge on any atom is -0.497 e. The maximum absolute atomic E-state index is 12.5. The van der Waals surface area contributed by atoms with Gasteiger partial charge in [0.15, 0.2) is 6.61 Å². The highest BCUT2D eigenvalue weighted by molar-refractivity contribution is 7.17. The third kappa shape index (κ3) is 4.05. The molecule has 0 aliphatic heterocycles. The van der Waals surface area contributed by atoms with E-state index in [9.17, 15) is 9.59 Å². The van der Waals surface area contributed by atoms with Crippen molar-refractivity contribution in [3.05, 3.63) is 64.4 Å². The molecule has 1 amide bonds. The Balaban J connectivity index is 1.40. The number of carbonyl (C=O) groups excluding carboxylic acids is 2. The molecule has 29 heavy (non-hydrogen) atoms. The molecule has 0 fully saturated rings. The molecule has 1 aliphatic carbocycles. The molecule has 1 N–H and O–H groups in total. The summed E-state index contributed by atoms with van der Waals surface area (Å²) >= 11 is 1.40. The maximum Gasteiger partial charge on any atom is 0.348 e. The molecule has 1 aliphatic rings. The molecule has 0 saturated heterocycles. The lowest BCUT2D eigenvalue weighted by Gasteiger charge is -2.16. The van der Waals surface area contributed by atoms with Crippen molar-refractivity contribution in [1.29, 1.82) is 0 Å². The van der Waals surface area contributed by atoms with E-state index in [4.69, 9.17) is 13.9 Å².